The lowest BCUT2D eigenvalue weighted by Crippen LogP contribution is -2.10. The summed E-state index contributed by atoms with van der Waals surface area (Å²) in [6.45, 7) is 2.24. The van der Waals surface area contributed by atoms with E-state index in [1.807, 2.05) is 31.2 Å². The van der Waals surface area contributed by atoms with E-state index >= 15 is 0 Å². The lowest BCUT2D eigenvalue weighted by atomic mass is 10.1. The Hall–Kier alpha value is -2.50. The predicted molar refractivity (Wildman–Crippen MR) is 83.2 cm³/mol. The average molecular weight is 304 g/mol. The summed E-state index contributed by atoms with van der Waals surface area (Å²) in [5.74, 6) is 0.175. The third kappa shape index (κ3) is 4.25. The van der Waals surface area contributed by atoms with Gasteiger partial charge in [-0.3, -0.25) is 0 Å². The summed E-state index contributed by atoms with van der Waals surface area (Å²) in [6, 6.07) is 4.32. The van der Waals surface area contributed by atoms with Crippen LogP contribution >= 0.6 is 0 Å². The van der Waals surface area contributed by atoms with E-state index in [4.69, 9.17) is 4.74 Å². The van der Waals surface area contributed by atoms with Crippen molar-refractivity contribution < 1.29 is 23.1 Å². The Bertz CT molecular complexity index is 635. The molecule has 0 unspecified atom stereocenters. The number of allylic oxidation sites excluding steroid dienone is 7. The maximum atomic E-state index is 12.5. The van der Waals surface area contributed by atoms with Crippen molar-refractivity contribution >= 4 is 13.2 Å². The number of halogens is 2. The molecule has 0 saturated carbocycles. The number of aliphatic hydroxyl groups is 1. The van der Waals surface area contributed by atoms with E-state index in [1.54, 1.807) is 6.08 Å². The minimum Gasteiger partial charge on any atom is -0.507 e. The highest BCUT2D eigenvalue weighted by Crippen LogP contribution is 2.30. The van der Waals surface area contributed by atoms with Gasteiger partial charge in [0.05, 0.1) is 12.2 Å². The highest BCUT2D eigenvalue weighted by Gasteiger charge is 2.21. The van der Waals surface area contributed by atoms with Crippen molar-refractivity contribution in [2.45, 2.75) is 6.92 Å². The molecule has 1 aliphatic rings. The third-order valence-electron chi connectivity index (χ3n) is 2.88. The van der Waals surface area contributed by atoms with E-state index in [1.165, 1.54) is 24.3 Å². The number of aliphatic hydroxyl groups excluding tert-OH is 1. The monoisotopic (exact) mass is 304 g/mol. The molecule has 0 radical (unpaired) electrons. The van der Waals surface area contributed by atoms with Crippen LogP contribution < -0.4 is 9.39 Å². The fourth-order valence-corrected chi connectivity index (χ4v) is 1.93. The topological polar surface area (TPSA) is 38.7 Å². The first-order valence-electron chi connectivity index (χ1n) is 6.78. The normalized spacial score (nSPS) is 13.4. The van der Waals surface area contributed by atoms with E-state index in [2.05, 4.69) is 4.65 Å². The molecule has 3 nitrogen and oxygen atoms in total. The number of benzene rings is 1. The molecule has 1 aromatic carbocycles. The van der Waals surface area contributed by atoms with Gasteiger partial charge in [0, 0.05) is 0 Å². The van der Waals surface area contributed by atoms with Crippen LogP contribution in [0.2, 0.25) is 0 Å². The van der Waals surface area contributed by atoms with Gasteiger partial charge in [-0.2, -0.15) is 0 Å². The zero-order valence-electron chi connectivity index (χ0n) is 12.0. The van der Waals surface area contributed by atoms with E-state index < -0.39 is 7.47 Å². The molecule has 0 bridgehead atoms. The van der Waals surface area contributed by atoms with Crippen molar-refractivity contribution in [3.05, 3.63) is 65.8 Å². The van der Waals surface area contributed by atoms with Crippen molar-refractivity contribution in [1.82, 2.24) is 0 Å². The fourth-order valence-electron chi connectivity index (χ4n) is 1.93. The van der Waals surface area contributed by atoms with Crippen LogP contribution in [0, 0.1) is 0 Å². The maximum absolute atomic E-state index is 12.5. The zero-order chi connectivity index (χ0) is 15.9. The second-order valence-electron chi connectivity index (χ2n) is 4.41. The Morgan fingerprint density at radius 2 is 2.00 bits per heavy atom. The number of hydrogen-bond donors (Lipinski definition) is 1. The summed E-state index contributed by atoms with van der Waals surface area (Å²) < 4.78 is 34.7. The Labute approximate surface area is 128 Å². The zero-order valence-corrected chi connectivity index (χ0v) is 12.0. The second kappa shape index (κ2) is 7.50. The van der Waals surface area contributed by atoms with Crippen molar-refractivity contribution in [3.8, 4) is 11.5 Å². The quantitative estimate of drug-likeness (QED) is 0.627. The van der Waals surface area contributed by atoms with E-state index in [0.29, 0.717) is 12.4 Å². The van der Waals surface area contributed by atoms with Crippen molar-refractivity contribution in [2.24, 2.45) is 0 Å². The van der Waals surface area contributed by atoms with Crippen LogP contribution in [0.4, 0.5) is 8.63 Å². The van der Waals surface area contributed by atoms with Gasteiger partial charge >= 0.3 is 7.47 Å². The van der Waals surface area contributed by atoms with Crippen LogP contribution in [0.5, 0.6) is 11.5 Å². The van der Waals surface area contributed by atoms with E-state index in [9.17, 15) is 13.7 Å². The second-order valence-corrected chi connectivity index (χ2v) is 4.41. The molecule has 0 amide bonds. The van der Waals surface area contributed by atoms with Crippen LogP contribution in [0.15, 0.2) is 60.2 Å². The van der Waals surface area contributed by atoms with Crippen molar-refractivity contribution in [2.75, 3.05) is 6.61 Å². The lowest BCUT2D eigenvalue weighted by Gasteiger charge is -2.11. The maximum Gasteiger partial charge on any atom is 0.796 e. The van der Waals surface area contributed by atoms with Gasteiger partial charge in [-0.05, 0) is 36.8 Å². The molecule has 6 heteroatoms. The predicted octanol–water partition coefficient (Wildman–Crippen LogP) is 4.34. The molecule has 1 aliphatic carbocycles. The summed E-state index contributed by atoms with van der Waals surface area (Å²) in [5, 5.41) is 10.2. The third-order valence-corrected chi connectivity index (χ3v) is 2.88. The van der Waals surface area contributed by atoms with Gasteiger partial charge in [0.25, 0.3) is 0 Å². The molecule has 0 aromatic heterocycles. The number of hydrogen-bond acceptors (Lipinski definition) is 3. The molecular formula is C16H15BF2O3. The van der Waals surface area contributed by atoms with Gasteiger partial charge in [0.1, 0.15) is 17.3 Å². The SMILES string of the molecule is CCOc1ccc(OB(F)F)c(C(O)=CC=C2C=CC=C2)c1. The highest BCUT2D eigenvalue weighted by molar-refractivity contribution is 6.35. The molecule has 0 fully saturated rings. The fraction of sp³-hybridized carbons (Fsp3) is 0.125. The smallest absolute Gasteiger partial charge is 0.507 e. The first-order valence-corrected chi connectivity index (χ1v) is 6.78. The molecule has 0 saturated heterocycles. The Kier molecular flexibility index (Phi) is 5.41. The van der Waals surface area contributed by atoms with Gasteiger partial charge < -0.3 is 14.5 Å². The van der Waals surface area contributed by atoms with Crippen molar-refractivity contribution in [1.29, 1.82) is 0 Å². The van der Waals surface area contributed by atoms with Crippen LogP contribution in [0.3, 0.4) is 0 Å². The van der Waals surface area contributed by atoms with E-state index in [0.717, 1.165) is 5.57 Å². The van der Waals surface area contributed by atoms with Gasteiger partial charge in [0.2, 0.25) is 0 Å². The lowest BCUT2D eigenvalue weighted by molar-refractivity contribution is 0.339. The standard InChI is InChI=1S/C16H15BF2O3/c1-2-21-13-8-10-16(22-17(18)19)14(11-13)15(20)9-7-12-5-3-4-6-12/h3-11,20H,2H2,1H3. The molecule has 2 rings (SSSR count). The molecule has 0 aliphatic heterocycles. The molecule has 114 valence electrons. The highest BCUT2D eigenvalue weighted by atomic mass is 19.2. The average Bonchev–Trinajstić information content (AvgIpc) is 2.99. The van der Waals surface area contributed by atoms with Crippen LogP contribution in [0.25, 0.3) is 5.76 Å². The largest absolute Gasteiger partial charge is 0.796 e. The molecular weight excluding hydrogens is 289 g/mol. The van der Waals surface area contributed by atoms with Crippen LogP contribution in [0.1, 0.15) is 12.5 Å². The number of rotatable bonds is 6. The molecule has 1 N–H and O–H groups in total. The van der Waals surface area contributed by atoms with Crippen LogP contribution in [-0.4, -0.2) is 19.2 Å². The van der Waals surface area contributed by atoms with Gasteiger partial charge in [-0.25, -0.2) is 8.63 Å². The molecule has 0 heterocycles. The van der Waals surface area contributed by atoms with Crippen molar-refractivity contribution in [3.63, 3.8) is 0 Å². The Morgan fingerprint density at radius 1 is 1.27 bits per heavy atom. The molecule has 0 spiro atoms. The van der Waals surface area contributed by atoms with Crippen LogP contribution in [-0.2, 0) is 0 Å². The summed E-state index contributed by atoms with van der Waals surface area (Å²) in [4.78, 5) is 0. The first-order chi connectivity index (χ1) is 10.6. The molecule has 0 atom stereocenters. The summed E-state index contributed by atoms with van der Waals surface area (Å²) in [6.07, 6.45) is 10.5. The summed E-state index contributed by atoms with van der Waals surface area (Å²) in [7, 11) is -2.97. The molecule has 22 heavy (non-hydrogen) atoms. The first kappa shape index (κ1) is 15.9. The molecule has 1 aromatic rings. The summed E-state index contributed by atoms with van der Waals surface area (Å²) in [5.41, 5.74) is 1.04. The van der Waals surface area contributed by atoms with Gasteiger partial charge in [0.15, 0.2) is 0 Å². The minimum absolute atomic E-state index is 0.108. The Morgan fingerprint density at radius 3 is 2.64 bits per heavy atom. The van der Waals surface area contributed by atoms with Gasteiger partial charge in [-0.15, -0.1) is 0 Å². The van der Waals surface area contributed by atoms with Gasteiger partial charge in [-0.1, -0.05) is 30.4 Å². The minimum atomic E-state index is -2.97. The number of ether oxygens (including phenoxy) is 1. The Balaban J connectivity index is 2.33. The van der Waals surface area contributed by atoms with E-state index in [-0.39, 0.29) is 17.1 Å². The summed E-state index contributed by atoms with van der Waals surface area (Å²) >= 11 is 0.